The highest BCUT2D eigenvalue weighted by Gasteiger charge is 2.26. The first-order valence-corrected chi connectivity index (χ1v) is 11.4. The summed E-state index contributed by atoms with van der Waals surface area (Å²) < 4.78 is 27.8. The molecule has 0 aliphatic carbocycles. The lowest BCUT2D eigenvalue weighted by molar-refractivity contribution is -0.384. The van der Waals surface area contributed by atoms with Crippen molar-refractivity contribution in [1.29, 1.82) is 0 Å². The minimum atomic E-state index is -3.98. The van der Waals surface area contributed by atoms with Crippen molar-refractivity contribution in [2.75, 3.05) is 16.2 Å². The number of halogens is 1. The molecular formula is C22H20ClN3O5S. The molecular weight excluding hydrogens is 454 g/mol. The predicted molar refractivity (Wildman–Crippen MR) is 124 cm³/mol. The molecule has 0 radical (unpaired) electrons. The van der Waals surface area contributed by atoms with E-state index in [1.807, 2.05) is 0 Å². The van der Waals surface area contributed by atoms with Gasteiger partial charge in [0.05, 0.1) is 22.1 Å². The predicted octanol–water partition coefficient (Wildman–Crippen LogP) is 4.64. The van der Waals surface area contributed by atoms with Crippen LogP contribution in [-0.4, -0.2) is 25.8 Å². The first-order valence-electron chi connectivity index (χ1n) is 9.63. The van der Waals surface area contributed by atoms with E-state index in [0.29, 0.717) is 11.3 Å². The number of nitrogens with zero attached hydrogens (tertiary/aromatic N) is 2. The molecule has 1 N–H and O–H groups in total. The second-order valence-electron chi connectivity index (χ2n) is 6.80. The van der Waals surface area contributed by atoms with Gasteiger partial charge < -0.3 is 5.32 Å². The van der Waals surface area contributed by atoms with Crippen molar-refractivity contribution in [3.05, 3.63) is 93.5 Å². The SMILES string of the molecule is CCN(c1ccccc1)S(=O)(=O)c1cc(NC(=O)Cc2ccc([N+](=O)[O-])cc2)ccc1Cl. The van der Waals surface area contributed by atoms with Gasteiger partial charge in [0.1, 0.15) is 4.90 Å². The summed E-state index contributed by atoms with van der Waals surface area (Å²) in [5, 5.41) is 13.4. The molecule has 3 rings (SSSR count). The Balaban J connectivity index is 1.81. The fourth-order valence-corrected chi connectivity index (χ4v) is 5.09. The zero-order valence-corrected chi connectivity index (χ0v) is 18.6. The van der Waals surface area contributed by atoms with Gasteiger partial charge in [0.15, 0.2) is 0 Å². The lowest BCUT2D eigenvalue weighted by Crippen LogP contribution is -2.31. The van der Waals surface area contributed by atoms with Crippen LogP contribution < -0.4 is 9.62 Å². The number of sulfonamides is 1. The minimum Gasteiger partial charge on any atom is -0.326 e. The van der Waals surface area contributed by atoms with Gasteiger partial charge in [-0.3, -0.25) is 19.2 Å². The highest BCUT2D eigenvalue weighted by Crippen LogP contribution is 2.30. The standard InChI is InChI=1S/C22H20ClN3O5S/c1-2-25(18-6-4-3-5-7-18)32(30,31)21-15-17(10-13-20(21)23)24-22(27)14-16-8-11-19(12-9-16)26(28)29/h3-13,15H,2,14H2,1H3,(H,24,27). The van der Waals surface area contributed by atoms with Gasteiger partial charge in [-0.15, -0.1) is 0 Å². The van der Waals surface area contributed by atoms with Crippen LogP contribution in [0.1, 0.15) is 12.5 Å². The lowest BCUT2D eigenvalue weighted by atomic mass is 10.1. The molecule has 0 aliphatic heterocycles. The minimum absolute atomic E-state index is 0.0339. The number of amides is 1. The van der Waals surface area contributed by atoms with E-state index in [-0.39, 0.29) is 34.3 Å². The number of anilines is 2. The highest BCUT2D eigenvalue weighted by atomic mass is 35.5. The Morgan fingerprint density at radius 3 is 2.31 bits per heavy atom. The van der Waals surface area contributed by atoms with E-state index in [1.54, 1.807) is 37.3 Å². The third kappa shape index (κ3) is 5.24. The molecule has 3 aromatic carbocycles. The maximum absolute atomic E-state index is 13.3. The average molecular weight is 474 g/mol. The second-order valence-corrected chi connectivity index (χ2v) is 9.04. The molecule has 10 heteroatoms. The van der Waals surface area contributed by atoms with Crippen LogP contribution in [0.2, 0.25) is 5.02 Å². The van der Waals surface area contributed by atoms with Crippen molar-refractivity contribution in [2.24, 2.45) is 0 Å². The summed E-state index contributed by atoms with van der Waals surface area (Å²) in [7, 11) is -3.98. The highest BCUT2D eigenvalue weighted by molar-refractivity contribution is 7.93. The van der Waals surface area contributed by atoms with Gasteiger partial charge in [0.25, 0.3) is 15.7 Å². The molecule has 166 valence electrons. The van der Waals surface area contributed by atoms with Gasteiger partial charge in [0.2, 0.25) is 5.91 Å². The summed E-state index contributed by atoms with van der Waals surface area (Å²) >= 11 is 6.20. The number of nitro groups is 1. The molecule has 0 saturated carbocycles. The monoisotopic (exact) mass is 473 g/mol. The number of rotatable bonds is 8. The molecule has 0 saturated heterocycles. The van der Waals surface area contributed by atoms with Crippen molar-refractivity contribution >= 4 is 44.6 Å². The Hall–Kier alpha value is -3.43. The van der Waals surface area contributed by atoms with E-state index in [1.165, 1.54) is 46.8 Å². The normalized spacial score (nSPS) is 11.1. The molecule has 32 heavy (non-hydrogen) atoms. The van der Waals surface area contributed by atoms with Crippen LogP contribution in [0.25, 0.3) is 0 Å². The van der Waals surface area contributed by atoms with Gasteiger partial charge >= 0.3 is 0 Å². The second kappa shape index (κ2) is 9.80. The molecule has 0 aliphatic rings. The van der Waals surface area contributed by atoms with Crippen LogP contribution in [-0.2, 0) is 21.2 Å². The van der Waals surface area contributed by atoms with Gasteiger partial charge in [-0.25, -0.2) is 8.42 Å². The van der Waals surface area contributed by atoms with Crippen LogP contribution >= 0.6 is 11.6 Å². The number of para-hydroxylation sites is 1. The summed E-state index contributed by atoms with van der Waals surface area (Å²) in [6.45, 7) is 1.91. The van der Waals surface area contributed by atoms with E-state index >= 15 is 0 Å². The topological polar surface area (TPSA) is 110 Å². The number of nitrogens with one attached hydrogen (secondary N) is 1. The molecule has 0 heterocycles. The van der Waals surface area contributed by atoms with E-state index in [4.69, 9.17) is 11.6 Å². The largest absolute Gasteiger partial charge is 0.326 e. The maximum atomic E-state index is 13.3. The number of hydrogen-bond donors (Lipinski definition) is 1. The third-order valence-corrected chi connectivity index (χ3v) is 7.01. The Morgan fingerprint density at radius 2 is 1.72 bits per heavy atom. The molecule has 0 fully saturated rings. The molecule has 8 nitrogen and oxygen atoms in total. The van der Waals surface area contributed by atoms with Gasteiger partial charge in [-0.1, -0.05) is 41.9 Å². The quantitative estimate of drug-likeness (QED) is 0.378. The van der Waals surface area contributed by atoms with Gasteiger partial charge in [-0.05, 0) is 42.8 Å². The van der Waals surface area contributed by atoms with Crippen molar-refractivity contribution in [2.45, 2.75) is 18.2 Å². The number of nitro benzene ring substituents is 1. The van der Waals surface area contributed by atoms with Crippen molar-refractivity contribution in [3.8, 4) is 0 Å². The summed E-state index contributed by atoms with van der Waals surface area (Å²) in [6, 6.07) is 18.5. The number of carbonyl (C=O) groups excluding carboxylic acids is 1. The first-order chi connectivity index (χ1) is 15.2. The molecule has 1 amide bonds. The summed E-state index contributed by atoms with van der Waals surface area (Å²) in [5.74, 6) is -0.403. The maximum Gasteiger partial charge on any atom is 0.269 e. The van der Waals surface area contributed by atoms with Gasteiger partial charge in [-0.2, -0.15) is 0 Å². The molecule has 0 spiro atoms. The lowest BCUT2D eigenvalue weighted by Gasteiger charge is -2.23. The van der Waals surface area contributed by atoms with E-state index in [2.05, 4.69) is 5.32 Å². The third-order valence-electron chi connectivity index (χ3n) is 4.63. The Kier molecular flexibility index (Phi) is 7.12. The number of carbonyl (C=O) groups is 1. The molecule has 3 aromatic rings. The van der Waals surface area contributed by atoms with Crippen LogP contribution in [0.3, 0.4) is 0 Å². The Bertz CT molecular complexity index is 1230. The summed E-state index contributed by atoms with van der Waals surface area (Å²) in [5.41, 5.74) is 1.28. The number of hydrogen-bond acceptors (Lipinski definition) is 5. The van der Waals surface area contributed by atoms with E-state index < -0.39 is 20.9 Å². The molecule has 0 bridgehead atoms. The summed E-state index contributed by atoms with van der Waals surface area (Å²) in [4.78, 5) is 22.5. The average Bonchev–Trinajstić information content (AvgIpc) is 2.76. The zero-order chi connectivity index (χ0) is 23.3. The summed E-state index contributed by atoms with van der Waals surface area (Å²) in [6.07, 6.45) is -0.0339. The number of benzene rings is 3. The van der Waals surface area contributed by atoms with Crippen LogP contribution in [0, 0.1) is 10.1 Å². The van der Waals surface area contributed by atoms with Gasteiger partial charge in [0, 0.05) is 24.4 Å². The molecule has 0 aromatic heterocycles. The Morgan fingerprint density at radius 1 is 1.06 bits per heavy atom. The first kappa shape index (κ1) is 23.2. The molecule has 0 unspecified atom stereocenters. The van der Waals surface area contributed by atoms with Crippen molar-refractivity contribution in [3.63, 3.8) is 0 Å². The van der Waals surface area contributed by atoms with Crippen molar-refractivity contribution < 1.29 is 18.1 Å². The van der Waals surface area contributed by atoms with E-state index in [0.717, 1.165) is 0 Å². The zero-order valence-electron chi connectivity index (χ0n) is 17.1. The molecule has 0 atom stereocenters. The number of non-ortho nitro benzene ring substituents is 1. The smallest absolute Gasteiger partial charge is 0.269 e. The van der Waals surface area contributed by atoms with Crippen LogP contribution in [0.4, 0.5) is 17.1 Å². The van der Waals surface area contributed by atoms with Crippen LogP contribution in [0.5, 0.6) is 0 Å². The Labute approximate surface area is 190 Å². The fraction of sp³-hybridized carbons (Fsp3) is 0.136. The van der Waals surface area contributed by atoms with E-state index in [9.17, 15) is 23.3 Å². The van der Waals surface area contributed by atoms with Crippen LogP contribution in [0.15, 0.2) is 77.7 Å². The fourth-order valence-electron chi connectivity index (χ4n) is 3.11. The van der Waals surface area contributed by atoms with Crippen molar-refractivity contribution in [1.82, 2.24) is 0 Å².